The number of nitrogens with zero attached hydrogens (tertiary/aromatic N) is 4. The molecule has 21 rings (SSSR count). The third-order valence-electron chi connectivity index (χ3n) is 24.3. The van der Waals surface area contributed by atoms with Crippen LogP contribution < -0.4 is 57.1 Å². The van der Waals surface area contributed by atoms with E-state index in [1.54, 1.807) is 0 Å². The van der Waals surface area contributed by atoms with Gasteiger partial charge in [-0.05, 0) is 202 Å². The zero-order valence-electron chi connectivity index (χ0n) is 66.9. The molecule has 0 atom stereocenters. The lowest BCUT2D eigenvalue weighted by Gasteiger charge is -2.44. The van der Waals surface area contributed by atoms with E-state index in [1.165, 1.54) is 53.9 Å². The molecule has 0 aromatic heterocycles. The molecule has 0 saturated carbocycles. The largest absolute Gasteiger partial charge is 0.458 e. The summed E-state index contributed by atoms with van der Waals surface area (Å²) >= 11 is 1.90. The van der Waals surface area contributed by atoms with E-state index in [1.807, 2.05) is 11.8 Å². The van der Waals surface area contributed by atoms with Crippen LogP contribution >= 0.6 is 11.8 Å². The Morgan fingerprint density at radius 1 is 0.254 bits per heavy atom. The minimum Gasteiger partial charge on any atom is -0.458 e. The summed E-state index contributed by atoms with van der Waals surface area (Å²) in [7, 11) is 0. The molecule has 4 aliphatic heterocycles. The monoisotopic (exact) mass is 1530 g/mol. The van der Waals surface area contributed by atoms with Gasteiger partial charge in [0.05, 0.1) is 11.4 Å². The first-order chi connectivity index (χ1) is 57.8. The summed E-state index contributed by atoms with van der Waals surface area (Å²) in [5, 5.41) is 0. The molecule has 0 saturated heterocycles. The Labute approximate surface area is 697 Å². The number of benzene rings is 17. The van der Waals surface area contributed by atoms with Crippen molar-refractivity contribution in [3.05, 3.63) is 412 Å². The predicted molar refractivity (Wildman–Crippen MR) is 502 cm³/mol. The van der Waals surface area contributed by atoms with E-state index in [0.29, 0.717) is 0 Å². The molecule has 5 nitrogen and oxygen atoms in total. The van der Waals surface area contributed by atoms with Crippen LogP contribution in [0.3, 0.4) is 0 Å². The first kappa shape index (κ1) is 72.0. The summed E-state index contributed by atoms with van der Waals surface area (Å²) in [6, 6.07) is 149. The summed E-state index contributed by atoms with van der Waals surface area (Å²) in [4.78, 5) is 12.5. The average Bonchev–Trinajstić information content (AvgIpc) is 0.689. The quantitative estimate of drug-likeness (QED) is 0.101. The highest BCUT2D eigenvalue weighted by atomic mass is 32.2. The lowest BCUT2D eigenvalue weighted by Crippen LogP contribution is -2.63. The molecule has 118 heavy (non-hydrogen) atoms. The first-order valence-corrected chi connectivity index (χ1v) is 41.9. The van der Waals surface area contributed by atoms with Crippen LogP contribution in [0.25, 0.3) is 66.8 Å². The highest BCUT2D eigenvalue weighted by Gasteiger charge is 2.48. The van der Waals surface area contributed by atoms with Crippen molar-refractivity contribution >= 4 is 126 Å². The van der Waals surface area contributed by atoms with Gasteiger partial charge in [-0.2, -0.15) is 0 Å². The molecular weight excluding hydrogens is 1450 g/mol. The van der Waals surface area contributed by atoms with E-state index < -0.39 is 0 Å². The van der Waals surface area contributed by atoms with Gasteiger partial charge >= 0.3 is 0 Å². The van der Waals surface area contributed by atoms with Crippen LogP contribution in [0.2, 0.25) is 0 Å². The zero-order valence-corrected chi connectivity index (χ0v) is 67.7. The van der Waals surface area contributed by atoms with Crippen molar-refractivity contribution in [2.24, 2.45) is 0 Å². The standard InChI is InChI=1S/C110H84B2N4OS/c1-109(2,3)83-55-43-81(44-56-83)92-37-26-38-93(82-45-57-84(58-46-82)110(4,5)6)108(92)116-99-72-104-97(71-96(99)112-95-40-23-25-42-102(95)117-103-69-90(67-100(116)106(103)112)113(86-59-47-77(48-60-86)73-27-12-7-13-28-73)87-61-49-78(50-62-87)74-29-14-8-15-30-74)111-94-39-22-24-41-98(94)115(85-35-20-11-21-36-85)101-68-91(70-105(118-104)107(101)111)114(88-63-51-79(52-64-88)75-31-16-9-17-32-75)89-65-53-80(54-66-89)76-33-18-10-19-34-76/h7-72H,1-6H3. The Morgan fingerprint density at radius 2 is 0.636 bits per heavy atom. The molecule has 0 N–H and O–H groups in total. The Balaban J connectivity index is 0.837. The van der Waals surface area contributed by atoms with E-state index in [2.05, 4.69) is 462 Å². The van der Waals surface area contributed by atoms with Gasteiger partial charge in [-0.3, -0.25) is 0 Å². The number of rotatable bonds is 14. The number of hydrogen-bond acceptors (Lipinski definition) is 6. The van der Waals surface area contributed by atoms with Crippen molar-refractivity contribution in [3.8, 4) is 78.3 Å². The van der Waals surface area contributed by atoms with E-state index >= 15 is 0 Å². The maximum atomic E-state index is 7.67. The van der Waals surface area contributed by atoms with E-state index in [9.17, 15) is 0 Å². The normalized spacial score (nSPS) is 12.8. The Morgan fingerprint density at radius 3 is 1.09 bits per heavy atom. The number of anilines is 12. The van der Waals surface area contributed by atoms with Gasteiger partial charge in [0.1, 0.15) is 11.5 Å². The molecule has 0 bridgehead atoms. The lowest BCUT2D eigenvalue weighted by molar-refractivity contribution is 0.487. The van der Waals surface area contributed by atoms with Gasteiger partial charge in [-0.25, -0.2) is 0 Å². The van der Waals surface area contributed by atoms with Crippen molar-refractivity contribution in [2.45, 2.75) is 62.2 Å². The topological polar surface area (TPSA) is 22.2 Å². The van der Waals surface area contributed by atoms with Gasteiger partial charge in [0.25, 0.3) is 6.71 Å². The molecule has 562 valence electrons. The number of fused-ring (bicyclic) bond motifs is 8. The minimum atomic E-state index is -0.264. The van der Waals surface area contributed by atoms with Gasteiger partial charge in [-0.15, -0.1) is 0 Å². The third-order valence-corrected chi connectivity index (χ3v) is 25.4. The van der Waals surface area contributed by atoms with E-state index in [0.717, 1.165) is 146 Å². The highest BCUT2D eigenvalue weighted by molar-refractivity contribution is 8.00. The molecule has 0 fully saturated rings. The Bertz CT molecular complexity index is 6410. The van der Waals surface area contributed by atoms with Gasteiger partial charge in [-0.1, -0.05) is 356 Å². The molecule has 17 aromatic carbocycles. The second kappa shape index (κ2) is 29.2. The number of hydrogen-bond donors (Lipinski definition) is 0. The Kier molecular flexibility index (Phi) is 17.8. The molecule has 8 heteroatoms. The van der Waals surface area contributed by atoms with E-state index in [-0.39, 0.29) is 24.3 Å². The van der Waals surface area contributed by atoms with Gasteiger partial charge in [0, 0.05) is 83.9 Å². The van der Waals surface area contributed by atoms with Crippen molar-refractivity contribution in [2.75, 3.05) is 19.6 Å². The van der Waals surface area contributed by atoms with Crippen LogP contribution in [0.15, 0.2) is 410 Å². The maximum Gasteiger partial charge on any atom is 0.256 e. The summed E-state index contributed by atoms with van der Waals surface area (Å²) in [6.45, 7) is 13.4. The summed E-state index contributed by atoms with van der Waals surface area (Å²) in [5.41, 5.74) is 36.2. The lowest BCUT2D eigenvalue weighted by atomic mass is 9.31. The zero-order chi connectivity index (χ0) is 79.3. The number of ether oxygens (including phenoxy) is 1. The second-order valence-corrected chi connectivity index (χ2v) is 34.6. The molecule has 0 spiro atoms. The molecule has 0 amide bonds. The molecule has 0 aliphatic carbocycles. The number of para-hydroxylation sites is 4. The van der Waals surface area contributed by atoms with Crippen LogP contribution in [-0.2, 0) is 10.8 Å². The fourth-order valence-corrected chi connectivity index (χ4v) is 19.6. The van der Waals surface area contributed by atoms with Gasteiger partial charge in [0.15, 0.2) is 0 Å². The highest BCUT2D eigenvalue weighted by Crippen LogP contribution is 2.54. The van der Waals surface area contributed by atoms with Crippen molar-refractivity contribution in [3.63, 3.8) is 0 Å². The molecular formula is C110H84B2N4OS. The Hall–Kier alpha value is -13.8. The minimum absolute atomic E-state index is 0.0691. The van der Waals surface area contributed by atoms with Crippen molar-refractivity contribution in [1.29, 1.82) is 0 Å². The van der Waals surface area contributed by atoms with Crippen molar-refractivity contribution < 1.29 is 4.74 Å². The summed E-state index contributed by atoms with van der Waals surface area (Å²) < 4.78 is 7.67. The molecule has 17 aromatic rings. The van der Waals surface area contributed by atoms with Crippen LogP contribution in [0.4, 0.5) is 68.2 Å². The maximum absolute atomic E-state index is 7.67. The molecule has 4 heterocycles. The average molecular weight is 1530 g/mol. The van der Waals surface area contributed by atoms with Crippen molar-refractivity contribution in [1.82, 2.24) is 0 Å². The van der Waals surface area contributed by atoms with Crippen LogP contribution in [0, 0.1) is 0 Å². The smallest absolute Gasteiger partial charge is 0.256 e. The third kappa shape index (κ3) is 12.8. The van der Waals surface area contributed by atoms with Gasteiger partial charge in [0.2, 0.25) is 6.71 Å². The van der Waals surface area contributed by atoms with Gasteiger partial charge < -0.3 is 24.3 Å². The van der Waals surface area contributed by atoms with Crippen LogP contribution in [0.1, 0.15) is 52.7 Å². The van der Waals surface area contributed by atoms with Crippen LogP contribution in [-0.4, -0.2) is 13.4 Å². The second-order valence-electron chi connectivity index (χ2n) is 33.6. The molecule has 0 radical (unpaired) electrons. The summed E-state index contributed by atoms with van der Waals surface area (Å²) in [5.74, 6) is 1.65. The summed E-state index contributed by atoms with van der Waals surface area (Å²) in [6.07, 6.45) is 0. The first-order valence-electron chi connectivity index (χ1n) is 41.1. The SMILES string of the molecule is CC(C)(C)c1ccc(-c2cccc(-c3ccc(C(C)(C)C)cc3)c2N2c3cc4c(cc3B3c5ccccc5Oc5cc(N(c6ccc(-c7ccccc7)cc6)c6ccc(-c7ccccc7)cc6)cc2c53)B2c3ccccc3N(c3ccccc3)c3cc(N(c5ccc(-c6ccccc6)cc5)c5ccc(-c6ccccc6)cc5)cc(c32)S4)cc1. The van der Waals surface area contributed by atoms with E-state index in [4.69, 9.17) is 4.74 Å². The molecule has 4 aliphatic rings. The fraction of sp³-hybridized carbons (Fsp3) is 0.0727. The van der Waals surface area contributed by atoms with Crippen LogP contribution in [0.5, 0.6) is 11.5 Å². The predicted octanol–water partition coefficient (Wildman–Crippen LogP) is 26.4. The fourth-order valence-electron chi connectivity index (χ4n) is 18.4. The molecule has 0 unspecified atom stereocenters.